The molecule has 0 unspecified atom stereocenters. The van der Waals surface area contributed by atoms with E-state index in [9.17, 15) is 25.5 Å². The number of hydrogen-bond donors (Lipinski definition) is 5. The highest BCUT2D eigenvalue weighted by Gasteiger charge is 2.29. The number of aryl methyl sites for hydroxylation is 1. The Bertz CT molecular complexity index is 2690. The molecule has 1 aliphatic carbocycles. The van der Waals surface area contributed by atoms with Crippen LogP contribution in [0.3, 0.4) is 0 Å². The summed E-state index contributed by atoms with van der Waals surface area (Å²) in [6.45, 7) is 0. The third-order valence-electron chi connectivity index (χ3n) is 10.2. The molecule has 1 aliphatic rings. The van der Waals surface area contributed by atoms with Crippen LogP contribution in [-0.2, 0) is 6.42 Å². The van der Waals surface area contributed by atoms with Crippen LogP contribution in [0.5, 0.6) is 28.7 Å². The first kappa shape index (κ1) is 31.8. The van der Waals surface area contributed by atoms with Crippen molar-refractivity contribution in [3.05, 3.63) is 157 Å². The van der Waals surface area contributed by atoms with Gasteiger partial charge in [-0.25, -0.2) is 0 Å². The maximum Gasteiger partial charge on any atom is 0.208 e. The molecule has 1 aromatic heterocycles. The lowest BCUT2D eigenvalue weighted by atomic mass is 9.99. The van der Waals surface area contributed by atoms with Crippen molar-refractivity contribution in [2.75, 3.05) is 4.90 Å². The molecule has 1 heterocycles. The lowest BCUT2D eigenvalue weighted by molar-refractivity contribution is 0.329. The fourth-order valence-corrected chi connectivity index (χ4v) is 7.67. The number of benzene rings is 7. The van der Waals surface area contributed by atoms with Crippen molar-refractivity contribution in [3.8, 4) is 56.7 Å². The molecular weight excluding hydrogens is 661 g/mol. The molecule has 7 heteroatoms. The summed E-state index contributed by atoms with van der Waals surface area (Å²) in [7, 11) is 0. The van der Waals surface area contributed by atoms with Crippen LogP contribution in [0.15, 0.2) is 146 Å². The normalized spacial score (nSPS) is 12.3. The molecule has 7 nitrogen and oxygen atoms in total. The molecule has 5 N–H and O–H groups in total. The smallest absolute Gasteiger partial charge is 0.208 e. The first-order chi connectivity index (χ1) is 25.9. The average Bonchev–Trinajstić information content (AvgIpc) is 3.56. The molecule has 258 valence electrons. The van der Waals surface area contributed by atoms with Crippen LogP contribution in [0.2, 0.25) is 0 Å². The Morgan fingerprint density at radius 2 is 1.08 bits per heavy atom. The maximum atomic E-state index is 11.1. The molecule has 53 heavy (non-hydrogen) atoms. The van der Waals surface area contributed by atoms with E-state index in [1.54, 1.807) is 0 Å². The van der Waals surface area contributed by atoms with Crippen LogP contribution in [0.4, 0.5) is 17.1 Å². The van der Waals surface area contributed by atoms with Crippen LogP contribution in [0.25, 0.3) is 55.7 Å². The van der Waals surface area contributed by atoms with Crippen LogP contribution < -0.4 is 4.90 Å². The zero-order valence-corrected chi connectivity index (χ0v) is 28.5. The van der Waals surface area contributed by atoms with Crippen molar-refractivity contribution in [1.29, 1.82) is 0 Å². The molecule has 8 aromatic rings. The molecule has 0 aliphatic heterocycles. The van der Waals surface area contributed by atoms with Gasteiger partial charge in [-0.05, 0) is 76.9 Å². The van der Waals surface area contributed by atoms with Gasteiger partial charge in [0.15, 0.2) is 11.5 Å². The van der Waals surface area contributed by atoms with Gasteiger partial charge in [0, 0.05) is 33.4 Å². The fraction of sp³-hybridized carbons (Fsp3) is 0.0435. The first-order valence-electron chi connectivity index (χ1n) is 17.5. The molecule has 7 aromatic carbocycles. The van der Waals surface area contributed by atoms with Crippen LogP contribution in [0, 0.1) is 0 Å². The summed E-state index contributed by atoms with van der Waals surface area (Å²) in [6.07, 6.45) is 6.43. The molecule has 0 radical (unpaired) electrons. The van der Waals surface area contributed by atoms with Gasteiger partial charge >= 0.3 is 0 Å². The summed E-state index contributed by atoms with van der Waals surface area (Å²) in [5.41, 5.74) is 9.39. The second-order valence-corrected chi connectivity index (χ2v) is 13.2. The summed E-state index contributed by atoms with van der Waals surface area (Å²) in [4.78, 5) is 1.53. The van der Waals surface area contributed by atoms with E-state index < -0.39 is 28.7 Å². The number of aromatic hydroxyl groups is 5. The molecule has 0 amide bonds. The number of phenolic OH excluding ortho intramolecular Hbond substituents is 5. The Hall–Kier alpha value is -7.12. The van der Waals surface area contributed by atoms with E-state index in [0.717, 1.165) is 40.8 Å². The van der Waals surface area contributed by atoms with E-state index in [-0.39, 0.29) is 5.69 Å². The quantitative estimate of drug-likeness (QED) is 0.0875. The van der Waals surface area contributed by atoms with Crippen molar-refractivity contribution in [2.45, 2.75) is 12.8 Å². The van der Waals surface area contributed by atoms with Gasteiger partial charge in [-0.3, -0.25) is 0 Å². The van der Waals surface area contributed by atoms with E-state index in [0.29, 0.717) is 11.4 Å². The largest absolute Gasteiger partial charge is 0.503 e. The van der Waals surface area contributed by atoms with E-state index in [1.807, 2.05) is 84.9 Å². The van der Waals surface area contributed by atoms with Crippen molar-refractivity contribution in [2.24, 2.45) is 0 Å². The van der Waals surface area contributed by atoms with Gasteiger partial charge in [0.05, 0.1) is 11.2 Å². The molecule has 0 saturated heterocycles. The summed E-state index contributed by atoms with van der Waals surface area (Å²) < 4.78 is 2.38. The topological polar surface area (TPSA) is 109 Å². The summed E-state index contributed by atoms with van der Waals surface area (Å²) in [5, 5.41) is 57.2. The molecule has 9 rings (SSSR count). The number of hydrogen-bond acceptors (Lipinski definition) is 6. The molecular formula is C46H34N2O5. The Morgan fingerprint density at radius 3 is 1.79 bits per heavy atom. The van der Waals surface area contributed by atoms with Crippen LogP contribution in [0.1, 0.15) is 17.7 Å². The Kier molecular flexibility index (Phi) is 7.56. The van der Waals surface area contributed by atoms with E-state index in [4.69, 9.17) is 0 Å². The third-order valence-corrected chi connectivity index (χ3v) is 10.2. The summed E-state index contributed by atoms with van der Waals surface area (Å²) in [5.74, 6) is -4.49. The number of nitrogens with zero attached hydrogens (tertiary/aromatic N) is 2. The van der Waals surface area contributed by atoms with E-state index >= 15 is 0 Å². The number of fused-ring (bicyclic) bond motifs is 5. The fourth-order valence-electron chi connectivity index (χ4n) is 7.67. The highest BCUT2D eigenvalue weighted by Crippen LogP contribution is 2.58. The molecule has 0 spiro atoms. The Labute approximate surface area is 305 Å². The Balaban J connectivity index is 1.20. The van der Waals surface area contributed by atoms with Crippen molar-refractivity contribution < 1.29 is 25.5 Å². The average molecular weight is 695 g/mol. The maximum absolute atomic E-state index is 11.1. The third kappa shape index (κ3) is 5.13. The van der Waals surface area contributed by atoms with Crippen molar-refractivity contribution in [3.63, 3.8) is 0 Å². The highest BCUT2D eigenvalue weighted by molar-refractivity contribution is 6.09. The van der Waals surface area contributed by atoms with Crippen LogP contribution >= 0.6 is 0 Å². The van der Waals surface area contributed by atoms with Gasteiger partial charge < -0.3 is 35.0 Å². The minimum Gasteiger partial charge on any atom is -0.503 e. The number of phenols is 5. The molecule has 0 fully saturated rings. The number of allylic oxidation sites excluding steroid dienone is 1. The summed E-state index contributed by atoms with van der Waals surface area (Å²) in [6, 6.07) is 46.3. The number of rotatable bonds is 6. The van der Waals surface area contributed by atoms with Gasteiger partial charge in [-0.1, -0.05) is 115 Å². The second kappa shape index (κ2) is 12.6. The van der Waals surface area contributed by atoms with E-state index in [2.05, 4.69) is 71.3 Å². The zero-order valence-electron chi connectivity index (χ0n) is 28.5. The predicted octanol–water partition coefficient (Wildman–Crippen LogP) is 11.1. The Morgan fingerprint density at radius 1 is 0.491 bits per heavy atom. The summed E-state index contributed by atoms with van der Waals surface area (Å²) >= 11 is 0. The predicted molar refractivity (Wildman–Crippen MR) is 212 cm³/mol. The second-order valence-electron chi connectivity index (χ2n) is 13.2. The van der Waals surface area contributed by atoms with Crippen molar-refractivity contribution >= 4 is 44.8 Å². The monoisotopic (exact) mass is 694 g/mol. The van der Waals surface area contributed by atoms with Crippen molar-refractivity contribution in [1.82, 2.24) is 4.57 Å². The van der Waals surface area contributed by atoms with Gasteiger partial charge in [0.25, 0.3) is 0 Å². The minimum absolute atomic E-state index is 0.289. The number of anilines is 3. The minimum atomic E-state index is -1.02. The standard InChI is InChI=1S/C46H34N2O5/c49-42-41(43(50)45(52)46(53)44(42)51)47(32-23-18-29(19-24-32)28-10-2-1-3-11-28)33-25-20-31(21-26-33)34-13-6-8-16-38(34)48-39-17-9-7-15-36(39)37-27-22-30-12-4-5-14-35(30)40(37)48/h1-6,8-14,16-27,49-53H,7,15H2. The first-order valence-corrected chi connectivity index (χ1v) is 17.5. The lowest BCUT2D eigenvalue weighted by Crippen LogP contribution is -2.11. The number of para-hydroxylation sites is 1. The zero-order chi connectivity index (χ0) is 36.2. The lowest BCUT2D eigenvalue weighted by Gasteiger charge is -2.28. The van der Waals surface area contributed by atoms with E-state index in [1.165, 1.54) is 37.8 Å². The highest BCUT2D eigenvalue weighted by atomic mass is 16.4. The molecule has 0 bridgehead atoms. The van der Waals surface area contributed by atoms with Gasteiger partial charge in [0.2, 0.25) is 17.2 Å². The SMILES string of the molecule is Oc1c(O)c(O)c(N(c2ccc(-c3ccccc3)cc2)c2ccc(-c3ccccc3-n3c4c(c5ccc6ccccc6c53)CCC=C4)cc2)c(O)c1O. The van der Waals surface area contributed by atoms with Gasteiger partial charge in [-0.2, -0.15) is 0 Å². The van der Waals surface area contributed by atoms with Gasteiger partial charge in [-0.15, -0.1) is 0 Å². The van der Waals surface area contributed by atoms with Gasteiger partial charge in [0.1, 0.15) is 5.69 Å². The molecule has 0 saturated carbocycles. The molecule has 0 atom stereocenters. The number of aromatic nitrogens is 1. The van der Waals surface area contributed by atoms with Crippen LogP contribution in [-0.4, -0.2) is 30.1 Å².